The van der Waals surface area contributed by atoms with Crippen LogP contribution in [0, 0.1) is 13.8 Å². The summed E-state index contributed by atoms with van der Waals surface area (Å²) in [4.78, 5) is 44.9. The number of ether oxygens (including phenoxy) is 1. The average molecular weight is 500 g/mol. The fourth-order valence-corrected chi connectivity index (χ4v) is 4.99. The van der Waals surface area contributed by atoms with Gasteiger partial charge in [-0.15, -0.1) is 0 Å². The number of nitrogens with zero attached hydrogens (tertiary/aromatic N) is 3. The van der Waals surface area contributed by atoms with Crippen LogP contribution in [0.2, 0.25) is 0 Å². The standard InChI is InChI=1S/C27H41N5O4/c1-7-12-28-26(34)32-14-13-30(16-20(32)6)17-22-23(25(33)36-9-3)24(29-27(35)31(22)8-2)21-15-18(4)10-11-19(21)5/h10-11,15,20,24H,7-9,12-14,16-17H2,1-6H3,(H,28,34)(H,29,35). The number of carbonyl (C=O) groups is 3. The van der Waals surface area contributed by atoms with Crippen LogP contribution in [0.4, 0.5) is 9.59 Å². The molecule has 3 rings (SSSR count). The number of hydrogen-bond acceptors (Lipinski definition) is 5. The SMILES string of the molecule is CCCNC(=O)N1CCN(CC2=C(C(=O)OCC)C(c3cc(C)ccc3C)NC(=O)N2CC)CC1C. The van der Waals surface area contributed by atoms with Crippen molar-refractivity contribution in [2.75, 3.05) is 45.9 Å². The molecule has 2 aliphatic heterocycles. The number of amides is 4. The molecule has 36 heavy (non-hydrogen) atoms. The minimum atomic E-state index is -0.590. The van der Waals surface area contributed by atoms with Crippen LogP contribution < -0.4 is 10.6 Å². The summed E-state index contributed by atoms with van der Waals surface area (Å²) in [5, 5.41) is 6.01. The molecule has 2 unspecified atom stereocenters. The molecule has 2 heterocycles. The summed E-state index contributed by atoms with van der Waals surface area (Å²) >= 11 is 0. The first-order valence-corrected chi connectivity index (χ1v) is 13.0. The number of nitrogens with one attached hydrogen (secondary N) is 2. The van der Waals surface area contributed by atoms with Crippen molar-refractivity contribution in [1.29, 1.82) is 0 Å². The molecule has 1 fully saturated rings. The van der Waals surface area contributed by atoms with Gasteiger partial charge in [0.1, 0.15) is 0 Å². The molecule has 2 N–H and O–H groups in total. The Bertz CT molecular complexity index is 1010. The van der Waals surface area contributed by atoms with Crippen LogP contribution in [-0.2, 0) is 9.53 Å². The quantitative estimate of drug-likeness (QED) is 0.535. The molecule has 2 aliphatic rings. The molecule has 198 valence electrons. The Balaban J connectivity index is 1.97. The summed E-state index contributed by atoms with van der Waals surface area (Å²) in [7, 11) is 0. The maximum Gasteiger partial charge on any atom is 0.338 e. The van der Waals surface area contributed by atoms with E-state index >= 15 is 0 Å². The summed E-state index contributed by atoms with van der Waals surface area (Å²) in [5.74, 6) is -0.414. The lowest BCUT2D eigenvalue weighted by atomic mass is 9.90. The van der Waals surface area contributed by atoms with Crippen molar-refractivity contribution >= 4 is 18.0 Å². The van der Waals surface area contributed by atoms with E-state index in [9.17, 15) is 14.4 Å². The Kier molecular flexibility index (Phi) is 9.37. The first-order chi connectivity index (χ1) is 17.2. The highest BCUT2D eigenvalue weighted by atomic mass is 16.5. The van der Waals surface area contributed by atoms with Crippen LogP contribution in [0.3, 0.4) is 0 Å². The molecule has 0 spiro atoms. The topological polar surface area (TPSA) is 94.2 Å². The third-order valence-electron chi connectivity index (χ3n) is 6.87. The van der Waals surface area contributed by atoms with E-state index in [1.165, 1.54) is 0 Å². The van der Waals surface area contributed by atoms with E-state index in [-0.39, 0.29) is 24.7 Å². The number of urea groups is 2. The van der Waals surface area contributed by atoms with E-state index in [4.69, 9.17) is 4.74 Å². The van der Waals surface area contributed by atoms with E-state index in [2.05, 4.69) is 15.5 Å². The second-order valence-electron chi connectivity index (χ2n) is 9.58. The third-order valence-corrected chi connectivity index (χ3v) is 6.87. The lowest BCUT2D eigenvalue weighted by Crippen LogP contribution is -2.58. The molecule has 1 aromatic carbocycles. The van der Waals surface area contributed by atoms with Crippen molar-refractivity contribution in [3.8, 4) is 0 Å². The molecule has 9 heteroatoms. The Hall–Kier alpha value is -3.07. The number of piperazine rings is 1. The number of aryl methyl sites for hydroxylation is 2. The number of carbonyl (C=O) groups excluding carboxylic acids is 3. The molecule has 0 bridgehead atoms. The lowest BCUT2D eigenvalue weighted by Gasteiger charge is -2.43. The maximum absolute atomic E-state index is 13.4. The van der Waals surface area contributed by atoms with Gasteiger partial charge in [0.2, 0.25) is 0 Å². The normalized spacial score (nSPS) is 20.9. The molecule has 2 atom stereocenters. The van der Waals surface area contributed by atoms with Crippen LogP contribution in [0.15, 0.2) is 29.5 Å². The molecule has 0 aliphatic carbocycles. The Morgan fingerprint density at radius 3 is 2.56 bits per heavy atom. The molecular weight excluding hydrogens is 458 g/mol. The number of likely N-dealkylation sites (N-methyl/N-ethyl adjacent to an activating group) is 1. The van der Waals surface area contributed by atoms with Crippen LogP contribution >= 0.6 is 0 Å². The highest BCUT2D eigenvalue weighted by Gasteiger charge is 2.39. The molecule has 0 saturated carbocycles. The summed E-state index contributed by atoms with van der Waals surface area (Å²) in [6.07, 6.45) is 0.890. The van der Waals surface area contributed by atoms with Crippen molar-refractivity contribution < 1.29 is 19.1 Å². The highest BCUT2D eigenvalue weighted by Crippen LogP contribution is 2.34. The van der Waals surface area contributed by atoms with Crippen molar-refractivity contribution in [2.45, 2.75) is 60.0 Å². The first kappa shape index (κ1) is 27.5. The highest BCUT2D eigenvalue weighted by molar-refractivity contribution is 5.95. The van der Waals surface area contributed by atoms with Crippen molar-refractivity contribution in [3.63, 3.8) is 0 Å². The summed E-state index contributed by atoms with van der Waals surface area (Å²) in [5.41, 5.74) is 4.09. The van der Waals surface area contributed by atoms with E-state index in [0.29, 0.717) is 50.5 Å². The van der Waals surface area contributed by atoms with E-state index < -0.39 is 12.0 Å². The second-order valence-corrected chi connectivity index (χ2v) is 9.58. The molecule has 9 nitrogen and oxygen atoms in total. The van der Waals surface area contributed by atoms with Gasteiger partial charge in [-0.25, -0.2) is 14.4 Å². The van der Waals surface area contributed by atoms with Gasteiger partial charge in [-0.1, -0.05) is 30.7 Å². The minimum absolute atomic E-state index is 0.00422. The zero-order chi connectivity index (χ0) is 26.4. The number of benzene rings is 1. The van der Waals surface area contributed by atoms with E-state index in [1.54, 1.807) is 11.8 Å². The monoisotopic (exact) mass is 499 g/mol. The Labute approximate surface area is 214 Å². The third kappa shape index (κ3) is 6.00. The molecule has 4 amide bonds. The fraction of sp³-hybridized carbons (Fsp3) is 0.593. The van der Waals surface area contributed by atoms with Crippen molar-refractivity contribution in [3.05, 3.63) is 46.2 Å². The number of esters is 1. The zero-order valence-corrected chi connectivity index (χ0v) is 22.5. The lowest BCUT2D eigenvalue weighted by molar-refractivity contribution is -0.139. The Morgan fingerprint density at radius 2 is 1.92 bits per heavy atom. The van der Waals surface area contributed by atoms with E-state index in [1.807, 2.05) is 57.7 Å². The van der Waals surface area contributed by atoms with Crippen LogP contribution in [0.1, 0.15) is 56.8 Å². The summed E-state index contributed by atoms with van der Waals surface area (Å²) in [6, 6.07) is 5.20. The summed E-state index contributed by atoms with van der Waals surface area (Å²) < 4.78 is 5.50. The van der Waals surface area contributed by atoms with Crippen LogP contribution in [-0.4, -0.2) is 84.6 Å². The molecule has 1 aromatic rings. The predicted molar refractivity (Wildman–Crippen MR) is 140 cm³/mol. The largest absolute Gasteiger partial charge is 0.463 e. The first-order valence-electron chi connectivity index (χ1n) is 13.0. The summed E-state index contributed by atoms with van der Waals surface area (Å²) in [6.45, 7) is 15.4. The van der Waals surface area contributed by atoms with Gasteiger partial charge in [0.15, 0.2) is 0 Å². The Morgan fingerprint density at radius 1 is 1.17 bits per heavy atom. The van der Waals surface area contributed by atoms with Crippen molar-refractivity contribution in [2.24, 2.45) is 0 Å². The van der Waals surface area contributed by atoms with Crippen molar-refractivity contribution in [1.82, 2.24) is 25.3 Å². The van der Waals surface area contributed by atoms with Gasteiger partial charge >= 0.3 is 18.0 Å². The van der Waals surface area contributed by atoms with Gasteiger partial charge in [-0.2, -0.15) is 0 Å². The van der Waals surface area contributed by atoms with Gasteiger partial charge in [-0.05, 0) is 52.2 Å². The number of rotatable bonds is 8. The van der Waals surface area contributed by atoms with Crippen LogP contribution in [0.25, 0.3) is 0 Å². The molecule has 1 saturated heterocycles. The number of hydrogen-bond donors (Lipinski definition) is 2. The second kappa shape index (κ2) is 12.3. The zero-order valence-electron chi connectivity index (χ0n) is 22.5. The van der Waals surface area contributed by atoms with Gasteiger partial charge in [-0.3, -0.25) is 9.80 Å². The minimum Gasteiger partial charge on any atom is -0.463 e. The average Bonchev–Trinajstić information content (AvgIpc) is 2.84. The molecular formula is C27H41N5O4. The van der Waals surface area contributed by atoms with Gasteiger partial charge in [0, 0.05) is 51.0 Å². The van der Waals surface area contributed by atoms with Gasteiger partial charge in [0.25, 0.3) is 0 Å². The molecule has 0 aromatic heterocycles. The van der Waals surface area contributed by atoms with Gasteiger partial charge in [0.05, 0.1) is 18.2 Å². The maximum atomic E-state index is 13.4. The smallest absolute Gasteiger partial charge is 0.338 e. The fourth-order valence-electron chi connectivity index (χ4n) is 4.99. The van der Waals surface area contributed by atoms with E-state index in [0.717, 1.165) is 23.1 Å². The predicted octanol–water partition coefficient (Wildman–Crippen LogP) is 3.33. The van der Waals surface area contributed by atoms with Gasteiger partial charge < -0.3 is 20.3 Å². The molecule has 0 radical (unpaired) electrons. The van der Waals surface area contributed by atoms with Crippen LogP contribution in [0.5, 0.6) is 0 Å².